The number of rotatable bonds is 27. The Bertz CT molecular complexity index is 657. The van der Waals surface area contributed by atoms with Crippen molar-refractivity contribution in [1.29, 1.82) is 0 Å². The van der Waals surface area contributed by atoms with Gasteiger partial charge in [-0.2, -0.15) is 0 Å². The summed E-state index contributed by atoms with van der Waals surface area (Å²) >= 11 is 0. The van der Waals surface area contributed by atoms with Gasteiger partial charge in [0.15, 0.2) is 5.79 Å². The SMILES string of the molecule is CCCCCCCCC/C=C\CC/C=C/[C@H]1OC(C)(C)OC[C@@H]1NC(=O)CCCCCCCCCCCCCCC. The van der Waals surface area contributed by atoms with Gasteiger partial charge in [0, 0.05) is 6.42 Å². The molecule has 0 aromatic carbocycles. The lowest BCUT2D eigenvalue weighted by Gasteiger charge is -2.40. The van der Waals surface area contributed by atoms with Gasteiger partial charge in [-0.05, 0) is 46.0 Å². The van der Waals surface area contributed by atoms with Crippen molar-refractivity contribution in [2.75, 3.05) is 6.61 Å². The molecule has 0 aliphatic carbocycles. The highest BCUT2D eigenvalue weighted by Crippen LogP contribution is 2.24. The number of allylic oxidation sites excluding steroid dienone is 3. The molecule has 1 N–H and O–H groups in total. The monoisotopic (exact) mass is 576 g/mol. The van der Waals surface area contributed by atoms with Gasteiger partial charge in [0.1, 0.15) is 6.10 Å². The van der Waals surface area contributed by atoms with Gasteiger partial charge in [-0.15, -0.1) is 0 Å². The number of unbranched alkanes of at least 4 members (excludes halogenated alkanes) is 20. The van der Waals surface area contributed by atoms with E-state index in [1.165, 1.54) is 122 Å². The molecule has 1 rings (SSSR count). The molecular weight excluding hydrogens is 506 g/mol. The maximum absolute atomic E-state index is 12.7. The van der Waals surface area contributed by atoms with Crippen LogP contribution in [0, 0.1) is 0 Å². The zero-order valence-electron chi connectivity index (χ0n) is 27.9. The highest BCUT2D eigenvalue weighted by atomic mass is 16.7. The predicted molar refractivity (Wildman–Crippen MR) is 177 cm³/mol. The van der Waals surface area contributed by atoms with Crippen LogP contribution in [0.2, 0.25) is 0 Å². The zero-order valence-corrected chi connectivity index (χ0v) is 27.9. The molecule has 0 unspecified atom stereocenters. The minimum atomic E-state index is -0.623. The van der Waals surface area contributed by atoms with Crippen molar-refractivity contribution in [3.05, 3.63) is 24.3 Å². The fourth-order valence-corrected chi connectivity index (χ4v) is 5.59. The van der Waals surface area contributed by atoms with Crippen LogP contribution in [0.25, 0.3) is 0 Å². The summed E-state index contributed by atoms with van der Waals surface area (Å²) in [6, 6.07) is -0.124. The Hall–Kier alpha value is -1.13. The van der Waals surface area contributed by atoms with Gasteiger partial charge in [-0.1, -0.05) is 154 Å². The lowest BCUT2D eigenvalue weighted by molar-refractivity contribution is -0.271. The number of amides is 1. The first-order valence-corrected chi connectivity index (χ1v) is 17.9. The van der Waals surface area contributed by atoms with E-state index in [4.69, 9.17) is 9.47 Å². The van der Waals surface area contributed by atoms with Crippen LogP contribution in [0.3, 0.4) is 0 Å². The van der Waals surface area contributed by atoms with E-state index in [9.17, 15) is 4.79 Å². The minimum Gasteiger partial charge on any atom is -0.348 e. The molecule has 1 saturated heterocycles. The number of ether oxygens (including phenoxy) is 2. The summed E-state index contributed by atoms with van der Waals surface area (Å²) in [6.45, 7) is 8.94. The molecule has 0 saturated carbocycles. The molecule has 0 radical (unpaired) electrons. The van der Waals surface area contributed by atoms with E-state index in [1.807, 2.05) is 13.8 Å². The maximum Gasteiger partial charge on any atom is 0.220 e. The first kappa shape index (κ1) is 37.9. The average molecular weight is 576 g/mol. The van der Waals surface area contributed by atoms with Crippen molar-refractivity contribution in [2.45, 2.75) is 200 Å². The molecule has 41 heavy (non-hydrogen) atoms. The van der Waals surface area contributed by atoms with Crippen molar-refractivity contribution < 1.29 is 14.3 Å². The summed E-state index contributed by atoms with van der Waals surface area (Å²) in [7, 11) is 0. The average Bonchev–Trinajstić information content (AvgIpc) is 2.95. The lowest BCUT2D eigenvalue weighted by atomic mass is 10.0. The third-order valence-corrected chi connectivity index (χ3v) is 8.25. The third-order valence-electron chi connectivity index (χ3n) is 8.25. The lowest BCUT2D eigenvalue weighted by Crippen LogP contribution is -2.55. The second kappa shape index (κ2) is 26.5. The summed E-state index contributed by atoms with van der Waals surface area (Å²) in [5.41, 5.74) is 0. The smallest absolute Gasteiger partial charge is 0.220 e. The summed E-state index contributed by atoms with van der Waals surface area (Å²) in [4.78, 5) is 12.7. The first-order valence-electron chi connectivity index (χ1n) is 17.9. The number of carbonyl (C=O) groups excluding carboxylic acids is 1. The Labute approximate surface area is 255 Å². The highest BCUT2D eigenvalue weighted by molar-refractivity contribution is 5.76. The number of carbonyl (C=O) groups is 1. The Morgan fingerprint density at radius 1 is 0.659 bits per heavy atom. The quantitative estimate of drug-likeness (QED) is 0.0782. The summed E-state index contributed by atoms with van der Waals surface area (Å²) in [6.07, 6.45) is 39.4. The number of nitrogens with one attached hydrogen (secondary N) is 1. The van der Waals surface area contributed by atoms with E-state index in [0.29, 0.717) is 13.0 Å². The van der Waals surface area contributed by atoms with Gasteiger partial charge in [0.2, 0.25) is 5.91 Å². The van der Waals surface area contributed by atoms with Gasteiger partial charge in [-0.25, -0.2) is 0 Å². The van der Waals surface area contributed by atoms with Crippen molar-refractivity contribution in [3.63, 3.8) is 0 Å². The third kappa shape index (κ3) is 23.1. The molecule has 0 aromatic heterocycles. The van der Waals surface area contributed by atoms with E-state index in [-0.39, 0.29) is 18.1 Å². The van der Waals surface area contributed by atoms with Crippen LogP contribution in [0.5, 0.6) is 0 Å². The molecule has 0 aromatic rings. The van der Waals surface area contributed by atoms with Gasteiger partial charge >= 0.3 is 0 Å². The van der Waals surface area contributed by atoms with Gasteiger partial charge in [-0.3, -0.25) is 4.79 Å². The molecule has 0 bridgehead atoms. The molecular formula is C37H69NO3. The summed E-state index contributed by atoms with van der Waals surface area (Å²) in [5, 5.41) is 3.19. The molecule has 1 amide bonds. The largest absolute Gasteiger partial charge is 0.348 e. The zero-order chi connectivity index (χ0) is 29.9. The van der Waals surface area contributed by atoms with Crippen LogP contribution in [-0.4, -0.2) is 30.4 Å². The van der Waals surface area contributed by atoms with E-state index < -0.39 is 5.79 Å². The summed E-state index contributed by atoms with van der Waals surface area (Å²) < 4.78 is 12.0. The Kier molecular flexibility index (Phi) is 24.5. The molecule has 1 aliphatic rings. The second-order valence-electron chi connectivity index (χ2n) is 12.8. The van der Waals surface area contributed by atoms with Crippen LogP contribution in [0.15, 0.2) is 24.3 Å². The molecule has 4 nitrogen and oxygen atoms in total. The topological polar surface area (TPSA) is 47.6 Å². The fourth-order valence-electron chi connectivity index (χ4n) is 5.59. The maximum atomic E-state index is 12.7. The minimum absolute atomic E-state index is 0.122. The highest BCUT2D eigenvalue weighted by Gasteiger charge is 2.35. The van der Waals surface area contributed by atoms with Crippen LogP contribution in [0.4, 0.5) is 0 Å². The van der Waals surface area contributed by atoms with E-state index >= 15 is 0 Å². The Balaban J connectivity index is 2.15. The van der Waals surface area contributed by atoms with Crippen LogP contribution >= 0.6 is 0 Å². The molecule has 2 atom stereocenters. The van der Waals surface area contributed by atoms with Crippen molar-refractivity contribution >= 4 is 5.91 Å². The molecule has 1 fully saturated rings. The standard InChI is InChI=1S/C37H69NO3/c1-5-7-9-11-13-15-17-19-21-23-25-27-29-31-35-34(33-40-37(3,4)41-35)38-36(39)32-30-28-26-24-22-20-18-16-14-12-10-8-6-2/h21,23,29,31,34-35H,5-20,22,24-28,30,32-33H2,1-4H3,(H,38,39)/b23-21-,31-29+/t34-,35+/m0/s1. The summed E-state index contributed by atoms with van der Waals surface area (Å²) in [5.74, 6) is -0.501. The second-order valence-corrected chi connectivity index (χ2v) is 12.8. The van der Waals surface area contributed by atoms with Gasteiger partial charge in [0.05, 0.1) is 12.6 Å². The molecule has 1 aliphatic heterocycles. The Morgan fingerprint density at radius 3 is 1.68 bits per heavy atom. The molecule has 240 valence electrons. The molecule has 1 heterocycles. The van der Waals surface area contributed by atoms with E-state index in [1.54, 1.807) is 0 Å². The van der Waals surface area contributed by atoms with E-state index in [0.717, 1.165) is 25.7 Å². The number of hydrogen-bond acceptors (Lipinski definition) is 3. The predicted octanol–water partition coefficient (Wildman–Crippen LogP) is 11.1. The van der Waals surface area contributed by atoms with Crippen LogP contribution in [-0.2, 0) is 14.3 Å². The molecule has 4 heteroatoms. The first-order chi connectivity index (χ1) is 20.0. The van der Waals surface area contributed by atoms with Crippen molar-refractivity contribution in [3.8, 4) is 0 Å². The fraction of sp³-hybridized carbons (Fsp3) is 0.865. The van der Waals surface area contributed by atoms with Gasteiger partial charge in [0.25, 0.3) is 0 Å². The van der Waals surface area contributed by atoms with Crippen molar-refractivity contribution in [2.24, 2.45) is 0 Å². The van der Waals surface area contributed by atoms with Crippen LogP contribution in [0.1, 0.15) is 182 Å². The van der Waals surface area contributed by atoms with Gasteiger partial charge < -0.3 is 14.8 Å². The van der Waals surface area contributed by atoms with Crippen molar-refractivity contribution in [1.82, 2.24) is 5.32 Å². The number of hydrogen-bond donors (Lipinski definition) is 1. The Morgan fingerprint density at radius 2 is 1.12 bits per heavy atom. The van der Waals surface area contributed by atoms with E-state index in [2.05, 4.69) is 43.5 Å². The normalized spacial score (nSPS) is 18.9. The molecule has 0 spiro atoms. The van der Waals surface area contributed by atoms with Crippen LogP contribution < -0.4 is 5.32 Å².